The number of esters is 1. The summed E-state index contributed by atoms with van der Waals surface area (Å²) < 4.78 is 47.1. The van der Waals surface area contributed by atoms with Crippen LogP contribution < -0.4 is 5.32 Å². The van der Waals surface area contributed by atoms with Crippen molar-refractivity contribution in [2.45, 2.75) is 44.9 Å². The maximum Gasteiger partial charge on any atom is 0.424 e. The zero-order chi connectivity index (χ0) is 22.4. The fraction of sp³-hybridized carbons (Fsp3) is 0.737. The van der Waals surface area contributed by atoms with Crippen LogP contribution in [0.2, 0.25) is 0 Å². The number of aliphatic imine (C=N–C) groups is 1. The van der Waals surface area contributed by atoms with E-state index < -0.39 is 24.0 Å². The summed E-state index contributed by atoms with van der Waals surface area (Å²) in [5.41, 5.74) is -3.09. The number of alkyl halides is 3. The highest BCUT2D eigenvalue weighted by Gasteiger charge is 2.57. The van der Waals surface area contributed by atoms with Crippen LogP contribution in [-0.2, 0) is 22.2 Å². The van der Waals surface area contributed by atoms with E-state index in [1.165, 1.54) is 19.4 Å². The summed E-state index contributed by atoms with van der Waals surface area (Å²) in [5, 5.41) is 13.5. The first-order valence-electron chi connectivity index (χ1n) is 10.1. The SMILES string of the molecule is CCNC(=NCCC(O)(c1nccn1C)C(F)(F)F)N1CCC(C(=O)OCC)CC1.I. The summed E-state index contributed by atoms with van der Waals surface area (Å²) in [6.45, 7) is 5.33. The maximum atomic E-state index is 13.6. The smallest absolute Gasteiger partial charge is 0.424 e. The minimum Gasteiger partial charge on any atom is -0.466 e. The molecular weight excluding hydrogens is 530 g/mol. The Hall–Kier alpha value is -1.57. The number of ether oxygens (including phenoxy) is 1. The van der Waals surface area contributed by atoms with Crippen LogP contribution in [0.5, 0.6) is 0 Å². The second-order valence-electron chi connectivity index (χ2n) is 7.22. The van der Waals surface area contributed by atoms with E-state index in [2.05, 4.69) is 15.3 Å². The zero-order valence-electron chi connectivity index (χ0n) is 18.0. The van der Waals surface area contributed by atoms with E-state index in [4.69, 9.17) is 4.74 Å². The Morgan fingerprint density at radius 3 is 2.48 bits per heavy atom. The number of nitrogens with one attached hydrogen (secondary N) is 1. The molecule has 1 unspecified atom stereocenters. The number of hydrogen-bond donors (Lipinski definition) is 2. The predicted molar refractivity (Wildman–Crippen MR) is 120 cm³/mol. The second kappa shape index (κ2) is 11.9. The summed E-state index contributed by atoms with van der Waals surface area (Å²) in [5.74, 6) is -0.401. The highest BCUT2D eigenvalue weighted by Crippen LogP contribution is 2.40. The van der Waals surface area contributed by atoms with Gasteiger partial charge in [-0.3, -0.25) is 9.79 Å². The molecule has 1 aromatic heterocycles. The quantitative estimate of drug-likeness (QED) is 0.230. The first-order chi connectivity index (χ1) is 14.1. The molecule has 0 amide bonds. The zero-order valence-corrected chi connectivity index (χ0v) is 20.3. The number of carbonyl (C=O) groups excluding carboxylic acids is 1. The highest BCUT2D eigenvalue weighted by atomic mass is 127. The molecule has 2 heterocycles. The Balaban J connectivity index is 0.00000480. The summed E-state index contributed by atoms with van der Waals surface area (Å²) in [4.78, 5) is 21.8. The van der Waals surface area contributed by atoms with Gasteiger partial charge >= 0.3 is 12.1 Å². The number of imidazole rings is 1. The fourth-order valence-corrected chi connectivity index (χ4v) is 3.48. The largest absolute Gasteiger partial charge is 0.466 e. The van der Waals surface area contributed by atoms with E-state index in [1.807, 2.05) is 11.8 Å². The van der Waals surface area contributed by atoms with E-state index >= 15 is 0 Å². The third kappa shape index (κ3) is 6.70. The van der Waals surface area contributed by atoms with Crippen LogP contribution in [0.25, 0.3) is 0 Å². The molecule has 2 N–H and O–H groups in total. The molecule has 0 aliphatic carbocycles. The normalized spacial score (nSPS) is 17.6. The van der Waals surface area contributed by atoms with E-state index in [0.29, 0.717) is 45.0 Å². The van der Waals surface area contributed by atoms with Crippen LogP contribution in [0, 0.1) is 5.92 Å². The molecule has 1 saturated heterocycles. The Kier molecular flexibility index (Phi) is 10.5. The van der Waals surface area contributed by atoms with Crippen molar-refractivity contribution in [3.8, 4) is 0 Å². The van der Waals surface area contributed by atoms with Crippen molar-refractivity contribution in [3.05, 3.63) is 18.2 Å². The monoisotopic (exact) mass is 561 g/mol. The topological polar surface area (TPSA) is 92.0 Å². The van der Waals surface area contributed by atoms with Gasteiger partial charge < -0.3 is 24.6 Å². The lowest BCUT2D eigenvalue weighted by molar-refractivity contribution is -0.272. The van der Waals surface area contributed by atoms with Gasteiger partial charge in [0, 0.05) is 52.0 Å². The summed E-state index contributed by atoms with van der Waals surface area (Å²) in [7, 11) is 1.40. The standard InChI is InChI=1S/C19H30F3N5O3.HI/c1-4-23-17(27-11-6-14(7-12-27)15(28)30-5-2)25-9-8-18(29,19(20,21)22)16-24-10-13-26(16)3;/h10,13-14,29H,4-9,11-12H2,1-3H3,(H,23,25);1H. The lowest BCUT2D eigenvalue weighted by Gasteiger charge is -2.33. The molecule has 1 aromatic rings. The van der Waals surface area contributed by atoms with Crippen LogP contribution in [0.4, 0.5) is 13.2 Å². The molecule has 1 aliphatic rings. The number of piperidine rings is 1. The van der Waals surface area contributed by atoms with Crippen molar-refractivity contribution in [1.82, 2.24) is 19.8 Å². The van der Waals surface area contributed by atoms with Crippen molar-refractivity contribution in [1.29, 1.82) is 0 Å². The first-order valence-corrected chi connectivity index (χ1v) is 10.1. The molecule has 0 aromatic carbocycles. The average Bonchev–Trinajstić information content (AvgIpc) is 3.13. The summed E-state index contributed by atoms with van der Waals surface area (Å²) in [6.07, 6.45) is -1.81. The van der Waals surface area contributed by atoms with E-state index in [9.17, 15) is 23.1 Å². The highest BCUT2D eigenvalue weighted by molar-refractivity contribution is 14.0. The van der Waals surface area contributed by atoms with Crippen molar-refractivity contribution in [2.24, 2.45) is 18.0 Å². The number of likely N-dealkylation sites (tertiary alicyclic amines) is 1. The molecule has 0 bridgehead atoms. The van der Waals surface area contributed by atoms with Crippen LogP contribution in [-0.4, -0.2) is 70.4 Å². The van der Waals surface area contributed by atoms with Gasteiger partial charge in [-0.2, -0.15) is 13.2 Å². The van der Waals surface area contributed by atoms with Crippen molar-refractivity contribution in [2.75, 3.05) is 32.8 Å². The number of nitrogens with zero attached hydrogens (tertiary/aromatic N) is 4. The van der Waals surface area contributed by atoms with E-state index in [-0.39, 0.29) is 42.4 Å². The molecule has 2 rings (SSSR count). The third-order valence-corrected chi connectivity index (χ3v) is 5.14. The molecule has 1 atom stereocenters. The van der Waals surface area contributed by atoms with Crippen molar-refractivity contribution >= 4 is 35.9 Å². The number of aliphatic hydroxyl groups is 1. The molecule has 12 heteroatoms. The summed E-state index contributed by atoms with van der Waals surface area (Å²) in [6, 6.07) is 0. The van der Waals surface area contributed by atoms with Crippen LogP contribution in [0.1, 0.15) is 38.9 Å². The molecule has 1 aliphatic heterocycles. The lowest BCUT2D eigenvalue weighted by Crippen LogP contribution is -2.47. The van der Waals surface area contributed by atoms with Gasteiger partial charge in [0.25, 0.3) is 0 Å². The van der Waals surface area contributed by atoms with E-state index in [0.717, 1.165) is 4.57 Å². The molecule has 8 nitrogen and oxygen atoms in total. The van der Waals surface area contributed by atoms with Gasteiger partial charge in [-0.15, -0.1) is 24.0 Å². The van der Waals surface area contributed by atoms with Crippen LogP contribution >= 0.6 is 24.0 Å². The molecule has 178 valence electrons. The molecule has 1 fully saturated rings. The molecule has 0 spiro atoms. The summed E-state index contributed by atoms with van der Waals surface area (Å²) >= 11 is 0. The van der Waals surface area contributed by atoms with Gasteiger partial charge in [0.05, 0.1) is 12.5 Å². The predicted octanol–water partition coefficient (Wildman–Crippen LogP) is 2.42. The second-order valence-corrected chi connectivity index (χ2v) is 7.22. The fourth-order valence-electron chi connectivity index (χ4n) is 3.48. The lowest BCUT2D eigenvalue weighted by atomic mass is 9.97. The number of carbonyl (C=O) groups is 1. The Morgan fingerprint density at radius 1 is 1.35 bits per heavy atom. The molecule has 0 saturated carbocycles. The number of aromatic nitrogens is 2. The van der Waals surface area contributed by atoms with E-state index in [1.54, 1.807) is 6.92 Å². The van der Waals surface area contributed by atoms with Crippen molar-refractivity contribution < 1.29 is 27.8 Å². The van der Waals surface area contributed by atoms with Gasteiger partial charge in [-0.05, 0) is 26.7 Å². The Labute approximate surface area is 197 Å². The number of aryl methyl sites for hydroxylation is 1. The van der Waals surface area contributed by atoms with Gasteiger partial charge in [0.15, 0.2) is 5.96 Å². The minimum atomic E-state index is -4.89. The Morgan fingerprint density at radius 2 is 2.00 bits per heavy atom. The van der Waals surface area contributed by atoms with Gasteiger partial charge in [-0.25, -0.2) is 4.98 Å². The van der Waals surface area contributed by atoms with Crippen LogP contribution in [0.3, 0.4) is 0 Å². The third-order valence-electron chi connectivity index (χ3n) is 5.14. The average molecular weight is 561 g/mol. The van der Waals surface area contributed by atoms with Gasteiger partial charge in [-0.1, -0.05) is 0 Å². The molecular formula is C19H31F3IN5O3. The number of guanidine groups is 1. The Bertz CT molecular complexity index is 736. The van der Waals surface area contributed by atoms with Gasteiger partial charge in [0.2, 0.25) is 5.60 Å². The molecule has 0 radical (unpaired) electrons. The van der Waals surface area contributed by atoms with Gasteiger partial charge in [0.1, 0.15) is 5.82 Å². The maximum absolute atomic E-state index is 13.6. The molecule has 31 heavy (non-hydrogen) atoms. The minimum absolute atomic E-state index is 0. The first kappa shape index (κ1) is 27.5. The number of rotatable bonds is 7. The van der Waals surface area contributed by atoms with Crippen LogP contribution in [0.15, 0.2) is 17.4 Å². The number of halogens is 4. The van der Waals surface area contributed by atoms with Crippen molar-refractivity contribution in [3.63, 3.8) is 0 Å². The number of hydrogen-bond acceptors (Lipinski definition) is 5.